The van der Waals surface area contributed by atoms with Crippen LogP contribution in [0.15, 0.2) is 76.4 Å². The molecule has 1 aliphatic heterocycles. The molecule has 0 aromatic heterocycles. The monoisotopic (exact) mass is 329 g/mol. The van der Waals surface area contributed by atoms with E-state index in [4.69, 9.17) is 5.73 Å². The average molecular weight is 329 g/mol. The van der Waals surface area contributed by atoms with Gasteiger partial charge in [0.05, 0.1) is 11.6 Å². The first kappa shape index (κ1) is 15.5. The van der Waals surface area contributed by atoms with Gasteiger partial charge in [-0.1, -0.05) is 60.7 Å². The summed E-state index contributed by atoms with van der Waals surface area (Å²) in [5, 5.41) is 0. The average Bonchev–Trinajstić information content (AvgIpc) is 2.61. The molecule has 2 aromatic carbocycles. The summed E-state index contributed by atoms with van der Waals surface area (Å²) >= 11 is 0. The first-order chi connectivity index (χ1) is 12.1. The number of guanidine groups is 1. The molecule has 2 N–H and O–H groups in total. The second-order valence-electron chi connectivity index (χ2n) is 6.48. The molecule has 4 heteroatoms. The largest absolute Gasteiger partial charge is 0.368 e. The number of fused-ring (bicyclic) bond motifs is 1. The minimum absolute atomic E-state index is 0.00222. The number of allylic oxidation sites excluding steroid dienone is 2. The van der Waals surface area contributed by atoms with Gasteiger partial charge in [0, 0.05) is 18.1 Å². The van der Waals surface area contributed by atoms with Gasteiger partial charge < -0.3 is 5.73 Å². The van der Waals surface area contributed by atoms with Crippen molar-refractivity contribution in [2.45, 2.75) is 19.3 Å². The topological polar surface area (TPSA) is 67.8 Å². The summed E-state index contributed by atoms with van der Waals surface area (Å²) in [6.45, 7) is 1.84. The SMILES string of the molecule is CC1=NC(N)=NC2=CC(c3ccccc3-c3ccccc3)CC(=O)C21. The van der Waals surface area contributed by atoms with Gasteiger partial charge in [-0.25, -0.2) is 9.98 Å². The molecule has 0 saturated heterocycles. The van der Waals surface area contributed by atoms with Gasteiger partial charge in [-0.05, 0) is 23.6 Å². The van der Waals surface area contributed by atoms with E-state index in [0.29, 0.717) is 6.42 Å². The van der Waals surface area contributed by atoms with E-state index in [9.17, 15) is 4.79 Å². The molecule has 124 valence electrons. The summed E-state index contributed by atoms with van der Waals surface area (Å²) < 4.78 is 0. The lowest BCUT2D eigenvalue weighted by Gasteiger charge is -2.29. The van der Waals surface area contributed by atoms with Crippen molar-refractivity contribution in [2.24, 2.45) is 21.6 Å². The van der Waals surface area contributed by atoms with Gasteiger partial charge in [0.1, 0.15) is 5.78 Å². The smallest absolute Gasteiger partial charge is 0.220 e. The molecule has 1 aliphatic carbocycles. The number of nitrogens with two attached hydrogens (primary N) is 1. The molecule has 0 amide bonds. The van der Waals surface area contributed by atoms with Gasteiger partial charge in [-0.2, -0.15) is 0 Å². The van der Waals surface area contributed by atoms with Crippen molar-refractivity contribution in [1.82, 2.24) is 0 Å². The van der Waals surface area contributed by atoms with Crippen LogP contribution in [0.2, 0.25) is 0 Å². The molecule has 0 bridgehead atoms. The summed E-state index contributed by atoms with van der Waals surface area (Å²) in [6, 6.07) is 18.5. The summed E-state index contributed by atoms with van der Waals surface area (Å²) in [7, 11) is 0. The Morgan fingerprint density at radius 2 is 1.72 bits per heavy atom. The molecule has 0 fully saturated rings. The second kappa shape index (κ2) is 6.13. The highest BCUT2D eigenvalue weighted by atomic mass is 16.1. The highest BCUT2D eigenvalue weighted by Gasteiger charge is 2.35. The Labute approximate surface area is 146 Å². The quantitative estimate of drug-likeness (QED) is 0.913. The zero-order valence-corrected chi connectivity index (χ0v) is 14.0. The van der Waals surface area contributed by atoms with E-state index < -0.39 is 0 Å². The molecule has 2 atom stereocenters. The van der Waals surface area contributed by atoms with Gasteiger partial charge in [0.15, 0.2) is 0 Å². The number of carbonyl (C=O) groups is 1. The number of nitrogens with zero attached hydrogens (tertiary/aromatic N) is 2. The molecule has 2 unspecified atom stereocenters. The molecular formula is C21H19N3O. The Balaban J connectivity index is 1.80. The number of hydrogen-bond donors (Lipinski definition) is 1. The van der Waals surface area contributed by atoms with E-state index in [0.717, 1.165) is 28.1 Å². The van der Waals surface area contributed by atoms with E-state index in [1.807, 2.05) is 37.3 Å². The van der Waals surface area contributed by atoms with Crippen molar-refractivity contribution in [3.63, 3.8) is 0 Å². The van der Waals surface area contributed by atoms with Crippen LogP contribution in [-0.4, -0.2) is 17.5 Å². The van der Waals surface area contributed by atoms with Crippen molar-refractivity contribution in [3.05, 3.63) is 71.9 Å². The van der Waals surface area contributed by atoms with E-state index >= 15 is 0 Å². The Morgan fingerprint density at radius 3 is 2.52 bits per heavy atom. The summed E-state index contributed by atoms with van der Waals surface area (Å²) in [4.78, 5) is 21.2. The van der Waals surface area contributed by atoms with Crippen molar-refractivity contribution in [3.8, 4) is 11.1 Å². The highest BCUT2D eigenvalue weighted by molar-refractivity contribution is 6.13. The molecule has 4 nitrogen and oxygen atoms in total. The van der Waals surface area contributed by atoms with Gasteiger partial charge in [0.25, 0.3) is 0 Å². The molecule has 0 radical (unpaired) electrons. The van der Waals surface area contributed by atoms with E-state index in [-0.39, 0.29) is 23.6 Å². The fourth-order valence-corrected chi connectivity index (χ4v) is 3.71. The number of hydrogen-bond acceptors (Lipinski definition) is 4. The number of aliphatic imine (C=N–C) groups is 2. The Kier molecular flexibility index (Phi) is 3.80. The molecule has 25 heavy (non-hydrogen) atoms. The van der Waals surface area contributed by atoms with Crippen molar-refractivity contribution >= 4 is 17.5 Å². The zero-order chi connectivity index (χ0) is 17.4. The molecule has 0 spiro atoms. The number of carbonyl (C=O) groups excluding carboxylic acids is 1. The normalized spacial score (nSPS) is 22.6. The summed E-state index contributed by atoms with van der Waals surface area (Å²) in [5.74, 6) is 0.0395. The van der Waals surface area contributed by atoms with Gasteiger partial charge in [-0.3, -0.25) is 4.79 Å². The first-order valence-electron chi connectivity index (χ1n) is 8.41. The van der Waals surface area contributed by atoms with Crippen molar-refractivity contribution in [1.29, 1.82) is 0 Å². The lowest BCUT2D eigenvalue weighted by atomic mass is 9.77. The number of rotatable bonds is 2. The van der Waals surface area contributed by atoms with Gasteiger partial charge in [0.2, 0.25) is 5.96 Å². The minimum atomic E-state index is -0.340. The van der Waals surface area contributed by atoms with Gasteiger partial charge in [-0.15, -0.1) is 0 Å². The maximum atomic E-state index is 12.7. The molecule has 2 aliphatic rings. The van der Waals surface area contributed by atoms with Crippen LogP contribution >= 0.6 is 0 Å². The lowest BCUT2D eigenvalue weighted by molar-refractivity contribution is -0.120. The molecule has 0 saturated carbocycles. The Bertz CT molecular complexity index is 925. The van der Waals surface area contributed by atoms with Crippen LogP contribution < -0.4 is 5.73 Å². The number of Topliss-reactive ketones (excluding diaryl/α,β-unsaturated/α-hetero) is 1. The van der Waals surface area contributed by atoms with Crippen LogP contribution in [0.3, 0.4) is 0 Å². The zero-order valence-electron chi connectivity index (χ0n) is 14.0. The van der Waals surface area contributed by atoms with Crippen LogP contribution in [0.5, 0.6) is 0 Å². The molecule has 1 heterocycles. The first-order valence-corrected chi connectivity index (χ1v) is 8.41. The maximum Gasteiger partial charge on any atom is 0.220 e. The predicted molar refractivity (Wildman–Crippen MR) is 101 cm³/mol. The van der Waals surface area contributed by atoms with Crippen LogP contribution in [0.25, 0.3) is 11.1 Å². The highest BCUT2D eigenvalue weighted by Crippen LogP contribution is 2.38. The van der Waals surface area contributed by atoms with Crippen LogP contribution in [0.4, 0.5) is 0 Å². The third-order valence-corrected chi connectivity index (χ3v) is 4.81. The fourth-order valence-electron chi connectivity index (χ4n) is 3.71. The molecule has 2 aromatic rings. The number of benzene rings is 2. The van der Waals surface area contributed by atoms with E-state index in [2.05, 4.69) is 40.3 Å². The third-order valence-electron chi connectivity index (χ3n) is 4.81. The molecule has 4 rings (SSSR count). The predicted octanol–water partition coefficient (Wildman–Crippen LogP) is 3.70. The van der Waals surface area contributed by atoms with Crippen molar-refractivity contribution < 1.29 is 4.79 Å². The van der Waals surface area contributed by atoms with E-state index in [1.165, 1.54) is 0 Å². The lowest BCUT2D eigenvalue weighted by Crippen LogP contribution is -2.33. The van der Waals surface area contributed by atoms with Crippen LogP contribution in [-0.2, 0) is 4.79 Å². The van der Waals surface area contributed by atoms with Crippen LogP contribution in [0, 0.1) is 5.92 Å². The standard InChI is InChI=1S/C21H19N3O/c1-13-20-18(24-21(22)23-13)11-15(12-19(20)25)17-10-6-5-9-16(17)14-7-3-2-4-8-14/h2-11,15,20H,12H2,1H3,(H2,22,24). The second-order valence-corrected chi connectivity index (χ2v) is 6.48. The molecular weight excluding hydrogens is 310 g/mol. The van der Waals surface area contributed by atoms with Crippen molar-refractivity contribution in [2.75, 3.05) is 0 Å². The van der Waals surface area contributed by atoms with Crippen LogP contribution in [0.1, 0.15) is 24.8 Å². The maximum absolute atomic E-state index is 12.7. The van der Waals surface area contributed by atoms with E-state index in [1.54, 1.807) is 0 Å². The van der Waals surface area contributed by atoms with Gasteiger partial charge >= 0.3 is 0 Å². The minimum Gasteiger partial charge on any atom is -0.368 e. The number of ketones is 1. The summed E-state index contributed by atoms with van der Waals surface area (Å²) in [6.07, 6.45) is 2.54. The summed E-state index contributed by atoms with van der Waals surface area (Å²) in [5.41, 5.74) is 10.7. The fraction of sp³-hybridized carbons (Fsp3) is 0.190. The third kappa shape index (κ3) is 2.80. The Morgan fingerprint density at radius 1 is 1.00 bits per heavy atom. The Hall–Kier alpha value is -3.01.